The summed E-state index contributed by atoms with van der Waals surface area (Å²) in [7, 11) is 0. The zero-order valence-corrected chi connectivity index (χ0v) is 9.48. The number of likely N-dealkylation sites (tertiary alicyclic amines) is 1. The summed E-state index contributed by atoms with van der Waals surface area (Å²) in [4.78, 5) is 22.9. The van der Waals surface area contributed by atoms with E-state index in [1.807, 2.05) is 0 Å². The van der Waals surface area contributed by atoms with Gasteiger partial charge in [0.1, 0.15) is 5.75 Å². The number of non-ortho nitro benzene ring substituents is 1. The van der Waals surface area contributed by atoms with Crippen LogP contribution in [0.25, 0.3) is 0 Å². The fourth-order valence-electron chi connectivity index (χ4n) is 1.56. The number of nitro groups is 1. The van der Waals surface area contributed by atoms with Crippen LogP contribution >= 0.6 is 0 Å². The van der Waals surface area contributed by atoms with E-state index in [9.17, 15) is 14.9 Å². The molecule has 1 aliphatic rings. The Morgan fingerprint density at radius 2 is 2.06 bits per heavy atom. The highest BCUT2D eigenvalue weighted by atomic mass is 16.6. The van der Waals surface area contributed by atoms with Gasteiger partial charge in [0, 0.05) is 25.2 Å². The summed E-state index contributed by atoms with van der Waals surface area (Å²) < 4.78 is 5.20. The average Bonchev–Trinajstić information content (AvgIpc) is 2.32. The fourth-order valence-corrected chi connectivity index (χ4v) is 1.56. The fraction of sp³-hybridized carbons (Fsp3) is 0.364. The largest absolute Gasteiger partial charge is 0.484 e. The van der Waals surface area contributed by atoms with E-state index in [-0.39, 0.29) is 18.2 Å². The number of carbonyl (C=O) groups excluding carboxylic acids is 1. The minimum Gasteiger partial charge on any atom is -0.484 e. The SMILES string of the molecule is O=C(COc1ccc([N+](=O)[O-])cc1)N1CC(O)C1. The van der Waals surface area contributed by atoms with Crippen molar-refractivity contribution in [1.29, 1.82) is 0 Å². The van der Waals surface area contributed by atoms with Crippen molar-refractivity contribution in [2.45, 2.75) is 6.10 Å². The van der Waals surface area contributed by atoms with Gasteiger partial charge < -0.3 is 14.7 Å². The third-order valence-corrected chi connectivity index (χ3v) is 2.62. The molecule has 96 valence electrons. The van der Waals surface area contributed by atoms with E-state index < -0.39 is 11.0 Å². The molecule has 1 N–H and O–H groups in total. The quantitative estimate of drug-likeness (QED) is 0.609. The summed E-state index contributed by atoms with van der Waals surface area (Å²) in [6, 6.07) is 5.51. The Hall–Kier alpha value is -2.15. The minimum absolute atomic E-state index is 0.0282. The zero-order valence-electron chi connectivity index (χ0n) is 9.48. The number of rotatable bonds is 4. The molecule has 0 saturated carbocycles. The Morgan fingerprint density at radius 3 is 2.56 bits per heavy atom. The number of ether oxygens (including phenoxy) is 1. The van der Waals surface area contributed by atoms with Crippen molar-refractivity contribution in [3.8, 4) is 5.75 Å². The van der Waals surface area contributed by atoms with Crippen molar-refractivity contribution in [3.05, 3.63) is 34.4 Å². The van der Waals surface area contributed by atoms with Crippen LogP contribution in [0.15, 0.2) is 24.3 Å². The molecule has 7 nitrogen and oxygen atoms in total. The second-order valence-corrected chi connectivity index (χ2v) is 3.99. The number of hydrogen-bond acceptors (Lipinski definition) is 5. The molecule has 0 spiro atoms. The lowest BCUT2D eigenvalue weighted by Gasteiger charge is -2.35. The van der Waals surface area contributed by atoms with Gasteiger partial charge >= 0.3 is 0 Å². The Labute approximate surface area is 103 Å². The number of benzene rings is 1. The molecule has 18 heavy (non-hydrogen) atoms. The van der Waals surface area contributed by atoms with Crippen molar-refractivity contribution in [2.24, 2.45) is 0 Å². The molecule has 0 aromatic heterocycles. The van der Waals surface area contributed by atoms with Crippen molar-refractivity contribution in [1.82, 2.24) is 4.90 Å². The maximum atomic E-state index is 11.5. The number of amides is 1. The maximum absolute atomic E-state index is 11.5. The van der Waals surface area contributed by atoms with E-state index >= 15 is 0 Å². The van der Waals surface area contributed by atoms with Crippen molar-refractivity contribution >= 4 is 11.6 Å². The average molecular weight is 252 g/mol. The number of β-amino-alcohol motifs (C(OH)–C–C–N with tert-alkyl or cyclic N) is 1. The van der Waals surface area contributed by atoms with E-state index in [0.29, 0.717) is 18.8 Å². The third-order valence-electron chi connectivity index (χ3n) is 2.62. The van der Waals surface area contributed by atoms with Gasteiger partial charge in [0.25, 0.3) is 11.6 Å². The molecule has 1 fully saturated rings. The number of nitro benzene ring substituents is 1. The lowest BCUT2D eigenvalue weighted by atomic mass is 10.2. The first-order valence-corrected chi connectivity index (χ1v) is 5.39. The van der Waals surface area contributed by atoms with Gasteiger partial charge in [0.15, 0.2) is 6.61 Å². The highest BCUT2D eigenvalue weighted by molar-refractivity contribution is 5.78. The molecule has 2 rings (SSSR count). The molecule has 0 aliphatic carbocycles. The van der Waals surface area contributed by atoms with Crippen LogP contribution in [0.4, 0.5) is 5.69 Å². The molecule has 0 atom stereocenters. The third kappa shape index (κ3) is 2.75. The molecule has 1 aromatic rings. The van der Waals surface area contributed by atoms with E-state index in [1.165, 1.54) is 29.2 Å². The van der Waals surface area contributed by atoms with Gasteiger partial charge in [0.05, 0.1) is 11.0 Å². The monoisotopic (exact) mass is 252 g/mol. The van der Waals surface area contributed by atoms with Crippen molar-refractivity contribution in [2.75, 3.05) is 19.7 Å². The smallest absolute Gasteiger partial charge is 0.269 e. The summed E-state index contributed by atoms with van der Waals surface area (Å²) in [5.41, 5.74) is -0.0282. The lowest BCUT2D eigenvalue weighted by Crippen LogP contribution is -2.54. The van der Waals surface area contributed by atoms with Gasteiger partial charge in [-0.15, -0.1) is 0 Å². The Balaban J connectivity index is 1.83. The Bertz CT molecular complexity index is 453. The van der Waals surface area contributed by atoms with Crippen LogP contribution in [0.2, 0.25) is 0 Å². The predicted molar refractivity (Wildman–Crippen MR) is 61.2 cm³/mol. The van der Waals surface area contributed by atoms with Crippen LogP contribution in [0.3, 0.4) is 0 Å². The first kappa shape index (κ1) is 12.3. The van der Waals surface area contributed by atoms with Gasteiger partial charge in [-0.3, -0.25) is 14.9 Å². The minimum atomic E-state index is -0.504. The molecule has 1 aromatic carbocycles. The molecule has 0 unspecified atom stereocenters. The van der Waals surface area contributed by atoms with Gasteiger partial charge in [-0.2, -0.15) is 0 Å². The molecule has 1 heterocycles. The van der Waals surface area contributed by atoms with E-state index in [1.54, 1.807) is 0 Å². The van der Waals surface area contributed by atoms with Crippen LogP contribution < -0.4 is 4.74 Å². The summed E-state index contributed by atoms with van der Waals surface area (Å²) >= 11 is 0. The number of nitrogens with zero attached hydrogens (tertiary/aromatic N) is 2. The highest BCUT2D eigenvalue weighted by Crippen LogP contribution is 2.17. The van der Waals surface area contributed by atoms with E-state index in [4.69, 9.17) is 9.84 Å². The molecule has 0 radical (unpaired) electrons. The second-order valence-electron chi connectivity index (χ2n) is 3.99. The molecular weight excluding hydrogens is 240 g/mol. The van der Waals surface area contributed by atoms with Crippen LogP contribution in [-0.4, -0.2) is 46.6 Å². The van der Waals surface area contributed by atoms with Gasteiger partial charge in [-0.1, -0.05) is 0 Å². The highest BCUT2D eigenvalue weighted by Gasteiger charge is 2.28. The van der Waals surface area contributed by atoms with E-state index in [0.717, 1.165) is 0 Å². The Morgan fingerprint density at radius 1 is 1.44 bits per heavy atom. The topological polar surface area (TPSA) is 92.9 Å². The number of hydrogen-bond donors (Lipinski definition) is 1. The zero-order chi connectivity index (χ0) is 13.1. The lowest BCUT2D eigenvalue weighted by molar-refractivity contribution is -0.384. The normalized spacial score (nSPS) is 15.1. The number of aliphatic hydroxyl groups excluding tert-OH is 1. The number of aliphatic hydroxyl groups is 1. The summed E-state index contributed by atoms with van der Waals surface area (Å²) in [6.07, 6.45) is -0.437. The predicted octanol–water partition coefficient (Wildman–Crippen LogP) is 0.177. The summed E-state index contributed by atoms with van der Waals surface area (Å²) in [5.74, 6) is 0.189. The second kappa shape index (κ2) is 5.01. The first-order chi connectivity index (χ1) is 8.56. The molecule has 1 saturated heterocycles. The standard InChI is InChI=1S/C11H12N2O5/c14-9-5-12(6-9)11(15)7-18-10-3-1-8(2-4-10)13(16)17/h1-4,9,14H,5-7H2. The van der Waals surface area contributed by atoms with Crippen LogP contribution in [0, 0.1) is 10.1 Å². The molecule has 7 heteroatoms. The number of carbonyl (C=O) groups is 1. The Kier molecular flexibility index (Phi) is 3.42. The van der Waals surface area contributed by atoms with Crippen molar-refractivity contribution < 1.29 is 19.6 Å². The van der Waals surface area contributed by atoms with Crippen LogP contribution in [0.5, 0.6) is 5.75 Å². The van der Waals surface area contributed by atoms with Crippen LogP contribution in [-0.2, 0) is 4.79 Å². The summed E-state index contributed by atoms with van der Waals surface area (Å²) in [6.45, 7) is 0.537. The van der Waals surface area contributed by atoms with Crippen molar-refractivity contribution in [3.63, 3.8) is 0 Å². The van der Waals surface area contributed by atoms with Crippen LogP contribution in [0.1, 0.15) is 0 Å². The summed E-state index contributed by atoms with van der Waals surface area (Å²) in [5, 5.41) is 19.5. The molecular formula is C11H12N2O5. The van der Waals surface area contributed by atoms with Gasteiger partial charge in [-0.05, 0) is 12.1 Å². The van der Waals surface area contributed by atoms with Gasteiger partial charge in [0.2, 0.25) is 0 Å². The molecule has 0 bridgehead atoms. The van der Waals surface area contributed by atoms with Gasteiger partial charge in [-0.25, -0.2) is 0 Å². The maximum Gasteiger partial charge on any atom is 0.269 e. The first-order valence-electron chi connectivity index (χ1n) is 5.39. The molecule has 1 aliphatic heterocycles. The van der Waals surface area contributed by atoms with E-state index in [2.05, 4.69) is 0 Å². The molecule has 1 amide bonds.